The lowest BCUT2D eigenvalue weighted by molar-refractivity contribution is -0.117. The lowest BCUT2D eigenvalue weighted by atomic mass is 10.1. The lowest BCUT2D eigenvalue weighted by Crippen LogP contribution is -1.99. The van der Waals surface area contributed by atoms with Crippen molar-refractivity contribution in [2.45, 2.75) is 32.6 Å². The summed E-state index contributed by atoms with van der Waals surface area (Å²) in [4.78, 5) is 25.7. The fraction of sp³-hybridized carbons (Fsp3) is 0.500. The summed E-state index contributed by atoms with van der Waals surface area (Å²) in [5.41, 5.74) is 0. The van der Waals surface area contributed by atoms with E-state index in [2.05, 4.69) is 4.98 Å². The van der Waals surface area contributed by atoms with E-state index in [-0.39, 0.29) is 17.5 Å². The molecule has 1 aromatic heterocycles. The van der Waals surface area contributed by atoms with Crippen molar-refractivity contribution < 1.29 is 14.0 Å². The van der Waals surface area contributed by atoms with Crippen LogP contribution in [-0.2, 0) is 4.79 Å². The Balaban J connectivity index is 2.19. The number of Topliss-reactive ketones (excluding diaryl/α,β-unsaturated/α-hetero) is 2. The van der Waals surface area contributed by atoms with Gasteiger partial charge in [-0.2, -0.15) is 0 Å². The molecular formula is C10H13NO3. The van der Waals surface area contributed by atoms with Crippen molar-refractivity contribution in [1.29, 1.82) is 0 Å². The van der Waals surface area contributed by atoms with Crippen LogP contribution >= 0.6 is 0 Å². The van der Waals surface area contributed by atoms with Crippen molar-refractivity contribution in [2.75, 3.05) is 0 Å². The monoisotopic (exact) mass is 195 g/mol. The zero-order valence-electron chi connectivity index (χ0n) is 8.16. The number of hydrogen-bond acceptors (Lipinski definition) is 4. The Morgan fingerprint density at radius 2 is 2.07 bits per heavy atom. The van der Waals surface area contributed by atoms with Crippen molar-refractivity contribution in [3.8, 4) is 0 Å². The molecule has 4 heteroatoms. The van der Waals surface area contributed by atoms with Gasteiger partial charge in [0, 0.05) is 12.8 Å². The number of aromatic nitrogens is 1. The van der Waals surface area contributed by atoms with E-state index in [1.165, 1.54) is 12.5 Å². The van der Waals surface area contributed by atoms with Gasteiger partial charge < -0.3 is 9.21 Å². The molecule has 1 rings (SSSR count). The zero-order chi connectivity index (χ0) is 10.4. The molecule has 0 unspecified atom stereocenters. The second-order valence-corrected chi connectivity index (χ2v) is 3.17. The van der Waals surface area contributed by atoms with Gasteiger partial charge in [-0.25, -0.2) is 4.98 Å². The standard InChI is InChI=1S/C10H13NO3/c1-8(12)4-2-3-5-9(13)10-11-6-7-14-10/h6-7H,2-5H2,1H3. The molecular weight excluding hydrogens is 182 g/mol. The lowest BCUT2D eigenvalue weighted by Gasteiger charge is -1.95. The molecule has 76 valence electrons. The van der Waals surface area contributed by atoms with E-state index >= 15 is 0 Å². The Labute approximate surface area is 82.3 Å². The van der Waals surface area contributed by atoms with Crippen LogP contribution in [0, 0.1) is 0 Å². The number of ketones is 2. The van der Waals surface area contributed by atoms with Crippen LogP contribution in [0.4, 0.5) is 0 Å². The van der Waals surface area contributed by atoms with Crippen molar-refractivity contribution in [3.05, 3.63) is 18.4 Å². The topological polar surface area (TPSA) is 60.2 Å². The molecule has 0 saturated carbocycles. The Bertz CT molecular complexity index is 303. The third-order valence-electron chi connectivity index (χ3n) is 1.85. The molecule has 1 aromatic rings. The van der Waals surface area contributed by atoms with E-state index < -0.39 is 0 Å². The van der Waals surface area contributed by atoms with E-state index in [1.54, 1.807) is 6.92 Å². The fourth-order valence-corrected chi connectivity index (χ4v) is 1.13. The van der Waals surface area contributed by atoms with Crippen molar-refractivity contribution >= 4 is 11.6 Å². The van der Waals surface area contributed by atoms with Gasteiger partial charge in [0.2, 0.25) is 5.78 Å². The SMILES string of the molecule is CC(=O)CCCCC(=O)c1ncco1. The van der Waals surface area contributed by atoms with E-state index in [4.69, 9.17) is 4.42 Å². The summed E-state index contributed by atoms with van der Waals surface area (Å²) in [6, 6.07) is 0. The maximum atomic E-state index is 11.3. The average molecular weight is 195 g/mol. The summed E-state index contributed by atoms with van der Waals surface area (Å²) in [5, 5.41) is 0. The first kappa shape index (κ1) is 10.6. The second-order valence-electron chi connectivity index (χ2n) is 3.17. The summed E-state index contributed by atoms with van der Waals surface area (Å²) in [5.74, 6) is 0.222. The first-order valence-corrected chi connectivity index (χ1v) is 4.62. The van der Waals surface area contributed by atoms with Gasteiger partial charge in [0.15, 0.2) is 0 Å². The molecule has 0 aromatic carbocycles. The molecule has 1 heterocycles. The van der Waals surface area contributed by atoms with Crippen molar-refractivity contribution in [1.82, 2.24) is 4.98 Å². The second kappa shape index (κ2) is 5.32. The van der Waals surface area contributed by atoms with Gasteiger partial charge >= 0.3 is 0 Å². The number of unbranched alkanes of at least 4 members (excludes halogenated alkanes) is 1. The highest BCUT2D eigenvalue weighted by Crippen LogP contribution is 2.06. The zero-order valence-corrected chi connectivity index (χ0v) is 8.16. The van der Waals surface area contributed by atoms with E-state index in [1.807, 2.05) is 0 Å². The van der Waals surface area contributed by atoms with Gasteiger partial charge in [0.05, 0.1) is 6.20 Å². The number of carbonyl (C=O) groups is 2. The first-order valence-electron chi connectivity index (χ1n) is 4.62. The van der Waals surface area contributed by atoms with Crippen LogP contribution in [0.5, 0.6) is 0 Å². The Hall–Kier alpha value is -1.45. The normalized spacial score (nSPS) is 10.1. The van der Waals surface area contributed by atoms with Crippen LogP contribution in [0.1, 0.15) is 43.3 Å². The van der Waals surface area contributed by atoms with Gasteiger partial charge in [-0.15, -0.1) is 0 Å². The molecule has 0 radical (unpaired) electrons. The number of oxazole rings is 1. The fourth-order valence-electron chi connectivity index (χ4n) is 1.13. The third-order valence-corrected chi connectivity index (χ3v) is 1.85. The molecule has 0 aliphatic heterocycles. The van der Waals surface area contributed by atoms with Crippen LogP contribution in [0.3, 0.4) is 0 Å². The van der Waals surface area contributed by atoms with E-state index in [9.17, 15) is 9.59 Å². The van der Waals surface area contributed by atoms with Crippen LogP contribution in [0.25, 0.3) is 0 Å². The Morgan fingerprint density at radius 3 is 2.64 bits per heavy atom. The predicted molar refractivity (Wildman–Crippen MR) is 50.0 cm³/mol. The molecule has 0 N–H and O–H groups in total. The minimum Gasteiger partial charge on any atom is -0.442 e. The van der Waals surface area contributed by atoms with E-state index in [0.29, 0.717) is 19.3 Å². The molecule has 4 nitrogen and oxygen atoms in total. The minimum atomic E-state index is -0.0986. The number of nitrogens with zero attached hydrogens (tertiary/aromatic N) is 1. The molecule has 0 aliphatic rings. The first-order chi connectivity index (χ1) is 6.70. The minimum absolute atomic E-state index is 0.0986. The van der Waals surface area contributed by atoms with Gasteiger partial charge in [0.25, 0.3) is 5.89 Å². The number of rotatable bonds is 6. The third kappa shape index (κ3) is 3.51. The molecule has 0 fully saturated rings. The van der Waals surface area contributed by atoms with Crippen molar-refractivity contribution in [3.63, 3.8) is 0 Å². The van der Waals surface area contributed by atoms with Crippen LogP contribution in [0.15, 0.2) is 16.9 Å². The highest BCUT2D eigenvalue weighted by atomic mass is 16.3. The summed E-state index contributed by atoms with van der Waals surface area (Å²) in [7, 11) is 0. The summed E-state index contributed by atoms with van der Waals surface area (Å²) >= 11 is 0. The Morgan fingerprint density at radius 1 is 1.36 bits per heavy atom. The summed E-state index contributed by atoms with van der Waals surface area (Å²) in [6.07, 6.45) is 5.22. The molecule has 0 atom stereocenters. The molecule has 0 bridgehead atoms. The maximum Gasteiger partial charge on any atom is 0.263 e. The molecule has 0 aliphatic carbocycles. The van der Waals surface area contributed by atoms with Gasteiger partial charge in [-0.1, -0.05) is 0 Å². The average Bonchev–Trinajstić information content (AvgIpc) is 2.64. The predicted octanol–water partition coefficient (Wildman–Crippen LogP) is 2.01. The molecule has 0 spiro atoms. The van der Waals surface area contributed by atoms with Crippen LogP contribution in [0.2, 0.25) is 0 Å². The van der Waals surface area contributed by atoms with Gasteiger partial charge in [0.1, 0.15) is 12.0 Å². The van der Waals surface area contributed by atoms with E-state index in [0.717, 1.165) is 6.42 Å². The van der Waals surface area contributed by atoms with Gasteiger partial charge in [-0.3, -0.25) is 4.79 Å². The Kier molecular flexibility index (Phi) is 4.04. The molecule has 0 saturated heterocycles. The molecule has 14 heavy (non-hydrogen) atoms. The highest BCUT2D eigenvalue weighted by Gasteiger charge is 2.09. The number of hydrogen-bond donors (Lipinski definition) is 0. The van der Waals surface area contributed by atoms with Crippen LogP contribution < -0.4 is 0 Å². The quantitative estimate of drug-likeness (QED) is 0.514. The molecule has 0 amide bonds. The number of carbonyl (C=O) groups excluding carboxylic acids is 2. The largest absolute Gasteiger partial charge is 0.442 e. The summed E-state index contributed by atoms with van der Waals surface area (Å²) < 4.78 is 4.85. The maximum absolute atomic E-state index is 11.3. The van der Waals surface area contributed by atoms with Gasteiger partial charge in [-0.05, 0) is 19.8 Å². The summed E-state index contributed by atoms with van der Waals surface area (Å²) in [6.45, 7) is 1.55. The van der Waals surface area contributed by atoms with Crippen molar-refractivity contribution in [2.24, 2.45) is 0 Å². The smallest absolute Gasteiger partial charge is 0.263 e. The van der Waals surface area contributed by atoms with Crippen LogP contribution in [-0.4, -0.2) is 16.6 Å². The highest BCUT2D eigenvalue weighted by molar-refractivity contribution is 5.91.